The number of sulfonamides is 1. The SMILES string of the molecule is Cc1ccccc1N1C(C)(C)CNCCS1(=O)=O. The van der Waals surface area contributed by atoms with Crippen molar-refractivity contribution in [1.29, 1.82) is 0 Å². The van der Waals surface area contributed by atoms with Gasteiger partial charge in [0.05, 0.1) is 17.0 Å². The molecule has 0 bridgehead atoms. The van der Waals surface area contributed by atoms with Gasteiger partial charge in [0.2, 0.25) is 10.0 Å². The summed E-state index contributed by atoms with van der Waals surface area (Å²) in [6.45, 7) is 7.01. The highest BCUT2D eigenvalue weighted by Gasteiger charge is 2.38. The summed E-state index contributed by atoms with van der Waals surface area (Å²) >= 11 is 0. The Hall–Kier alpha value is -1.07. The highest BCUT2D eigenvalue weighted by Crippen LogP contribution is 2.31. The summed E-state index contributed by atoms with van der Waals surface area (Å²) in [6.07, 6.45) is 0. The van der Waals surface area contributed by atoms with Gasteiger partial charge < -0.3 is 5.32 Å². The minimum atomic E-state index is -3.27. The maximum Gasteiger partial charge on any atom is 0.236 e. The van der Waals surface area contributed by atoms with E-state index in [1.807, 2.05) is 45.0 Å². The quantitative estimate of drug-likeness (QED) is 0.840. The topological polar surface area (TPSA) is 49.4 Å². The highest BCUT2D eigenvalue weighted by molar-refractivity contribution is 7.92. The van der Waals surface area contributed by atoms with Gasteiger partial charge in [0, 0.05) is 13.1 Å². The van der Waals surface area contributed by atoms with Crippen LogP contribution in [0.2, 0.25) is 0 Å². The molecule has 0 amide bonds. The molecule has 100 valence electrons. The van der Waals surface area contributed by atoms with Gasteiger partial charge in [-0.2, -0.15) is 0 Å². The monoisotopic (exact) mass is 268 g/mol. The minimum Gasteiger partial charge on any atom is -0.313 e. The highest BCUT2D eigenvalue weighted by atomic mass is 32.2. The smallest absolute Gasteiger partial charge is 0.236 e. The van der Waals surface area contributed by atoms with Gasteiger partial charge in [-0.1, -0.05) is 18.2 Å². The Morgan fingerprint density at radius 3 is 2.61 bits per heavy atom. The lowest BCUT2D eigenvalue weighted by molar-refractivity contribution is 0.482. The standard InChI is InChI=1S/C13H20N2O2S/c1-11-6-4-5-7-12(11)15-13(2,3)10-14-8-9-18(15,16)17/h4-7,14H,8-10H2,1-3H3. The molecule has 1 aliphatic heterocycles. The first kappa shape index (κ1) is 13.4. The number of rotatable bonds is 1. The van der Waals surface area contributed by atoms with Crippen molar-refractivity contribution in [2.75, 3.05) is 23.1 Å². The summed E-state index contributed by atoms with van der Waals surface area (Å²) in [7, 11) is -3.27. The van der Waals surface area contributed by atoms with E-state index in [0.717, 1.165) is 11.3 Å². The fraction of sp³-hybridized carbons (Fsp3) is 0.538. The maximum atomic E-state index is 12.5. The van der Waals surface area contributed by atoms with Crippen molar-refractivity contribution in [3.05, 3.63) is 29.8 Å². The number of para-hydroxylation sites is 1. The molecule has 1 N–H and O–H groups in total. The lowest BCUT2D eigenvalue weighted by atomic mass is 10.0. The molecule has 1 saturated heterocycles. The molecule has 1 aromatic carbocycles. The molecular formula is C13H20N2O2S. The Kier molecular flexibility index (Phi) is 3.38. The van der Waals surface area contributed by atoms with E-state index in [2.05, 4.69) is 5.32 Å². The summed E-state index contributed by atoms with van der Waals surface area (Å²) in [5, 5.41) is 3.19. The molecule has 0 aliphatic carbocycles. The number of nitrogens with one attached hydrogen (secondary N) is 1. The average Bonchev–Trinajstić information content (AvgIpc) is 2.36. The zero-order valence-corrected chi connectivity index (χ0v) is 11.9. The third-order valence-corrected chi connectivity index (χ3v) is 5.22. The molecule has 1 aliphatic rings. The van der Waals surface area contributed by atoms with Crippen LogP contribution in [0, 0.1) is 6.92 Å². The van der Waals surface area contributed by atoms with Gasteiger partial charge in [0.25, 0.3) is 0 Å². The van der Waals surface area contributed by atoms with Crippen LogP contribution in [0.4, 0.5) is 5.69 Å². The Morgan fingerprint density at radius 1 is 1.28 bits per heavy atom. The zero-order valence-electron chi connectivity index (χ0n) is 11.1. The van der Waals surface area contributed by atoms with Crippen molar-refractivity contribution < 1.29 is 8.42 Å². The molecule has 0 spiro atoms. The fourth-order valence-electron chi connectivity index (χ4n) is 2.40. The van der Waals surface area contributed by atoms with Crippen LogP contribution in [0.25, 0.3) is 0 Å². The van der Waals surface area contributed by atoms with Crippen molar-refractivity contribution in [1.82, 2.24) is 5.32 Å². The number of aryl methyl sites for hydroxylation is 1. The van der Waals surface area contributed by atoms with Gasteiger partial charge in [0.15, 0.2) is 0 Å². The molecule has 0 aromatic heterocycles. The van der Waals surface area contributed by atoms with E-state index in [1.165, 1.54) is 0 Å². The lowest BCUT2D eigenvalue weighted by Gasteiger charge is -2.38. The van der Waals surface area contributed by atoms with E-state index < -0.39 is 15.6 Å². The summed E-state index contributed by atoms with van der Waals surface area (Å²) in [5.74, 6) is 0.144. The molecule has 2 rings (SSSR count). The molecule has 1 aromatic rings. The first-order valence-corrected chi connectivity index (χ1v) is 7.75. The molecule has 1 fully saturated rings. The Balaban J connectivity index is 2.59. The van der Waals surface area contributed by atoms with Gasteiger partial charge in [-0.15, -0.1) is 0 Å². The number of hydrogen-bond donors (Lipinski definition) is 1. The minimum absolute atomic E-state index is 0.144. The summed E-state index contributed by atoms with van der Waals surface area (Å²) in [5.41, 5.74) is 1.31. The van der Waals surface area contributed by atoms with Crippen LogP contribution in [-0.4, -0.2) is 32.8 Å². The normalized spacial score (nSPS) is 22.5. The van der Waals surface area contributed by atoms with E-state index in [1.54, 1.807) is 4.31 Å². The first-order valence-electron chi connectivity index (χ1n) is 6.14. The zero-order chi connectivity index (χ0) is 13.4. The van der Waals surface area contributed by atoms with Crippen LogP contribution in [0.5, 0.6) is 0 Å². The van der Waals surface area contributed by atoms with Crippen LogP contribution < -0.4 is 9.62 Å². The lowest BCUT2D eigenvalue weighted by Crippen LogP contribution is -2.51. The largest absolute Gasteiger partial charge is 0.313 e. The molecule has 0 radical (unpaired) electrons. The van der Waals surface area contributed by atoms with E-state index in [-0.39, 0.29) is 5.75 Å². The van der Waals surface area contributed by atoms with Gasteiger partial charge in [0.1, 0.15) is 0 Å². The summed E-state index contributed by atoms with van der Waals surface area (Å²) in [6, 6.07) is 7.62. The second-order valence-corrected chi connectivity index (χ2v) is 7.29. The van der Waals surface area contributed by atoms with Crippen LogP contribution in [0.3, 0.4) is 0 Å². The number of hydrogen-bond acceptors (Lipinski definition) is 3. The molecule has 0 unspecified atom stereocenters. The summed E-state index contributed by atoms with van der Waals surface area (Å²) in [4.78, 5) is 0. The third-order valence-electron chi connectivity index (χ3n) is 3.26. The molecule has 0 atom stereocenters. The molecule has 1 heterocycles. The Morgan fingerprint density at radius 2 is 1.94 bits per heavy atom. The van der Waals surface area contributed by atoms with Gasteiger partial charge in [-0.25, -0.2) is 8.42 Å². The van der Waals surface area contributed by atoms with Crippen molar-refractivity contribution >= 4 is 15.7 Å². The predicted molar refractivity (Wildman–Crippen MR) is 74.4 cm³/mol. The van der Waals surface area contributed by atoms with Gasteiger partial charge in [-0.05, 0) is 32.4 Å². The second-order valence-electron chi connectivity index (χ2n) is 5.36. The maximum absolute atomic E-state index is 12.5. The van der Waals surface area contributed by atoms with Crippen molar-refractivity contribution in [3.8, 4) is 0 Å². The van der Waals surface area contributed by atoms with Crippen molar-refractivity contribution in [2.24, 2.45) is 0 Å². The van der Waals surface area contributed by atoms with E-state index in [0.29, 0.717) is 13.1 Å². The van der Waals surface area contributed by atoms with Gasteiger partial charge >= 0.3 is 0 Å². The molecule has 5 heteroatoms. The molecule has 0 saturated carbocycles. The number of benzene rings is 1. The Bertz CT molecular complexity index is 538. The van der Waals surface area contributed by atoms with Crippen molar-refractivity contribution in [3.63, 3.8) is 0 Å². The van der Waals surface area contributed by atoms with Crippen LogP contribution in [0.1, 0.15) is 19.4 Å². The van der Waals surface area contributed by atoms with Crippen LogP contribution >= 0.6 is 0 Å². The summed E-state index contributed by atoms with van der Waals surface area (Å²) < 4.78 is 26.5. The molecule has 4 nitrogen and oxygen atoms in total. The van der Waals surface area contributed by atoms with Gasteiger partial charge in [-0.3, -0.25) is 4.31 Å². The molecule has 18 heavy (non-hydrogen) atoms. The second kappa shape index (κ2) is 4.55. The Labute approximate surface area is 109 Å². The van der Waals surface area contributed by atoms with E-state index in [4.69, 9.17) is 0 Å². The van der Waals surface area contributed by atoms with Crippen LogP contribution in [0.15, 0.2) is 24.3 Å². The van der Waals surface area contributed by atoms with E-state index >= 15 is 0 Å². The molecular weight excluding hydrogens is 248 g/mol. The fourth-order valence-corrected chi connectivity index (χ4v) is 4.31. The van der Waals surface area contributed by atoms with E-state index in [9.17, 15) is 8.42 Å². The average molecular weight is 268 g/mol. The predicted octanol–water partition coefficient (Wildman–Crippen LogP) is 1.51. The van der Waals surface area contributed by atoms with Crippen molar-refractivity contribution in [2.45, 2.75) is 26.3 Å². The first-order chi connectivity index (χ1) is 8.34. The number of anilines is 1. The number of nitrogens with zero attached hydrogens (tertiary/aromatic N) is 1. The third kappa shape index (κ3) is 2.37. The van der Waals surface area contributed by atoms with Crippen LogP contribution in [-0.2, 0) is 10.0 Å².